The molecule has 3 nitrogen and oxygen atoms in total. The summed E-state index contributed by atoms with van der Waals surface area (Å²) in [5.74, 6) is 2.41. The quantitative estimate of drug-likeness (QED) is 0.872. The molecule has 1 fully saturated rings. The SMILES string of the molecule is CCN(Cc1ccncc1)CC1C(C)CC(C)CC1NC. The summed E-state index contributed by atoms with van der Waals surface area (Å²) in [7, 11) is 2.13. The van der Waals surface area contributed by atoms with Crippen LogP contribution in [-0.2, 0) is 6.54 Å². The van der Waals surface area contributed by atoms with Gasteiger partial charge >= 0.3 is 0 Å². The van der Waals surface area contributed by atoms with Gasteiger partial charge in [-0.2, -0.15) is 0 Å². The first-order chi connectivity index (χ1) is 10.1. The van der Waals surface area contributed by atoms with Gasteiger partial charge in [-0.15, -0.1) is 0 Å². The molecule has 1 heterocycles. The van der Waals surface area contributed by atoms with E-state index >= 15 is 0 Å². The predicted octanol–water partition coefficient (Wildman–Crippen LogP) is 3.17. The summed E-state index contributed by atoms with van der Waals surface area (Å²) in [5, 5.41) is 3.57. The Labute approximate surface area is 130 Å². The lowest BCUT2D eigenvalue weighted by Gasteiger charge is -2.42. The van der Waals surface area contributed by atoms with Crippen molar-refractivity contribution in [2.75, 3.05) is 20.1 Å². The van der Waals surface area contributed by atoms with E-state index < -0.39 is 0 Å². The average molecular weight is 289 g/mol. The molecule has 2 rings (SSSR count). The highest BCUT2D eigenvalue weighted by atomic mass is 15.1. The van der Waals surface area contributed by atoms with Gasteiger partial charge in [0.05, 0.1) is 0 Å². The third-order valence-electron chi connectivity index (χ3n) is 5.12. The Morgan fingerprint density at radius 3 is 2.57 bits per heavy atom. The number of nitrogens with one attached hydrogen (secondary N) is 1. The fourth-order valence-corrected chi connectivity index (χ4v) is 3.90. The van der Waals surface area contributed by atoms with Gasteiger partial charge in [-0.05, 0) is 61.9 Å². The van der Waals surface area contributed by atoms with Crippen LogP contribution in [0, 0.1) is 17.8 Å². The molecular formula is C18H31N3. The lowest BCUT2D eigenvalue weighted by atomic mass is 9.72. The lowest BCUT2D eigenvalue weighted by molar-refractivity contribution is 0.104. The molecular weight excluding hydrogens is 258 g/mol. The molecule has 0 saturated heterocycles. The van der Waals surface area contributed by atoms with Crippen molar-refractivity contribution in [1.29, 1.82) is 0 Å². The summed E-state index contributed by atoms with van der Waals surface area (Å²) in [6.07, 6.45) is 6.48. The van der Waals surface area contributed by atoms with Crippen molar-refractivity contribution < 1.29 is 0 Å². The zero-order chi connectivity index (χ0) is 15.2. The number of rotatable bonds is 6. The molecule has 0 radical (unpaired) electrons. The first kappa shape index (κ1) is 16.4. The van der Waals surface area contributed by atoms with E-state index in [9.17, 15) is 0 Å². The van der Waals surface area contributed by atoms with Crippen LogP contribution in [-0.4, -0.2) is 36.1 Å². The first-order valence-electron chi connectivity index (χ1n) is 8.42. The van der Waals surface area contributed by atoms with Crippen molar-refractivity contribution in [3.05, 3.63) is 30.1 Å². The topological polar surface area (TPSA) is 28.2 Å². The molecule has 1 aliphatic carbocycles. The summed E-state index contributed by atoms with van der Waals surface area (Å²) < 4.78 is 0. The minimum Gasteiger partial charge on any atom is -0.317 e. The zero-order valence-electron chi connectivity index (χ0n) is 14.0. The Balaban J connectivity index is 1.99. The second kappa shape index (κ2) is 7.90. The van der Waals surface area contributed by atoms with Gasteiger partial charge in [0.15, 0.2) is 0 Å². The van der Waals surface area contributed by atoms with Crippen LogP contribution in [0.3, 0.4) is 0 Å². The molecule has 118 valence electrons. The average Bonchev–Trinajstić information content (AvgIpc) is 2.49. The van der Waals surface area contributed by atoms with Gasteiger partial charge in [-0.25, -0.2) is 0 Å². The van der Waals surface area contributed by atoms with Gasteiger partial charge in [0.2, 0.25) is 0 Å². The van der Waals surface area contributed by atoms with Crippen LogP contribution in [0.15, 0.2) is 24.5 Å². The maximum absolute atomic E-state index is 4.11. The van der Waals surface area contributed by atoms with E-state index in [4.69, 9.17) is 0 Å². The Morgan fingerprint density at radius 2 is 1.95 bits per heavy atom. The molecule has 1 aromatic rings. The van der Waals surface area contributed by atoms with Crippen LogP contribution >= 0.6 is 0 Å². The van der Waals surface area contributed by atoms with Gasteiger partial charge in [-0.1, -0.05) is 20.8 Å². The molecule has 0 bridgehead atoms. The Bertz CT molecular complexity index is 406. The number of hydrogen-bond acceptors (Lipinski definition) is 3. The van der Waals surface area contributed by atoms with E-state index in [-0.39, 0.29) is 0 Å². The van der Waals surface area contributed by atoms with E-state index in [2.05, 4.69) is 55.2 Å². The largest absolute Gasteiger partial charge is 0.317 e. The molecule has 1 saturated carbocycles. The van der Waals surface area contributed by atoms with Crippen molar-refractivity contribution in [2.45, 2.75) is 46.2 Å². The predicted molar refractivity (Wildman–Crippen MR) is 89.1 cm³/mol. The molecule has 1 N–H and O–H groups in total. The summed E-state index contributed by atoms with van der Waals surface area (Å²) in [6.45, 7) is 10.4. The summed E-state index contributed by atoms with van der Waals surface area (Å²) in [5.41, 5.74) is 1.37. The molecule has 3 heteroatoms. The molecule has 1 aliphatic rings. The maximum atomic E-state index is 4.11. The number of hydrogen-bond donors (Lipinski definition) is 1. The van der Waals surface area contributed by atoms with E-state index in [0.29, 0.717) is 6.04 Å². The maximum Gasteiger partial charge on any atom is 0.0271 e. The van der Waals surface area contributed by atoms with Crippen molar-refractivity contribution >= 4 is 0 Å². The second-order valence-electron chi connectivity index (χ2n) is 6.80. The molecule has 4 unspecified atom stereocenters. The minimum absolute atomic E-state index is 0.662. The lowest BCUT2D eigenvalue weighted by Crippen LogP contribution is -2.47. The van der Waals surface area contributed by atoms with Gasteiger partial charge in [0.1, 0.15) is 0 Å². The van der Waals surface area contributed by atoms with Gasteiger partial charge in [0.25, 0.3) is 0 Å². The van der Waals surface area contributed by atoms with E-state index in [1.54, 1.807) is 0 Å². The molecule has 1 aromatic heterocycles. The van der Waals surface area contributed by atoms with Crippen molar-refractivity contribution in [3.63, 3.8) is 0 Å². The van der Waals surface area contributed by atoms with Crippen LogP contribution in [0.5, 0.6) is 0 Å². The third kappa shape index (κ3) is 4.52. The Kier molecular flexibility index (Phi) is 6.19. The van der Waals surface area contributed by atoms with E-state index in [1.165, 1.54) is 24.9 Å². The fourth-order valence-electron chi connectivity index (χ4n) is 3.90. The molecule has 4 atom stereocenters. The van der Waals surface area contributed by atoms with Gasteiger partial charge < -0.3 is 5.32 Å². The van der Waals surface area contributed by atoms with Crippen LogP contribution in [0.1, 0.15) is 39.2 Å². The number of pyridine rings is 1. The number of aromatic nitrogens is 1. The highest BCUT2D eigenvalue weighted by Gasteiger charge is 2.33. The van der Waals surface area contributed by atoms with Crippen LogP contribution < -0.4 is 5.32 Å². The van der Waals surface area contributed by atoms with Gasteiger partial charge in [-0.3, -0.25) is 9.88 Å². The summed E-state index contributed by atoms with van der Waals surface area (Å²) >= 11 is 0. The van der Waals surface area contributed by atoms with Crippen LogP contribution in [0.4, 0.5) is 0 Å². The van der Waals surface area contributed by atoms with Crippen molar-refractivity contribution in [1.82, 2.24) is 15.2 Å². The molecule has 0 amide bonds. The first-order valence-corrected chi connectivity index (χ1v) is 8.42. The van der Waals surface area contributed by atoms with E-state index in [1.807, 2.05) is 12.4 Å². The monoisotopic (exact) mass is 289 g/mol. The Hall–Kier alpha value is -0.930. The third-order valence-corrected chi connectivity index (χ3v) is 5.12. The highest BCUT2D eigenvalue weighted by molar-refractivity contribution is 5.09. The molecule has 21 heavy (non-hydrogen) atoms. The van der Waals surface area contributed by atoms with Crippen LogP contribution in [0.25, 0.3) is 0 Å². The van der Waals surface area contributed by atoms with Crippen molar-refractivity contribution in [3.8, 4) is 0 Å². The summed E-state index contributed by atoms with van der Waals surface area (Å²) in [4.78, 5) is 6.69. The zero-order valence-corrected chi connectivity index (χ0v) is 14.0. The van der Waals surface area contributed by atoms with Gasteiger partial charge in [0, 0.05) is 31.5 Å². The Morgan fingerprint density at radius 1 is 1.24 bits per heavy atom. The fraction of sp³-hybridized carbons (Fsp3) is 0.722. The standard InChI is InChI=1S/C18H31N3/c1-5-21(12-16-6-8-20-9-7-16)13-17-15(3)10-14(2)11-18(17)19-4/h6-9,14-15,17-19H,5,10-13H2,1-4H3. The van der Waals surface area contributed by atoms with Crippen molar-refractivity contribution in [2.24, 2.45) is 17.8 Å². The summed E-state index contributed by atoms with van der Waals surface area (Å²) in [6, 6.07) is 4.92. The molecule has 0 aliphatic heterocycles. The van der Waals surface area contributed by atoms with E-state index in [0.717, 1.165) is 30.8 Å². The normalized spacial score (nSPS) is 29.8. The highest BCUT2D eigenvalue weighted by Crippen LogP contribution is 2.34. The number of nitrogens with zero attached hydrogens (tertiary/aromatic N) is 2. The minimum atomic E-state index is 0.662. The molecule has 0 aromatic carbocycles. The smallest absolute Gasteiger partial charge is 0.0271 e. The van der Waals surface area contributed by atoms with Crippen LogP contribution in [0.2, 0.25) is 0 Å². The second-order valence-corrected chi connectivity index (χ2v) is 6.80. The molecule has 0 spiro atoms.